The van der Waals surface area contributed by atoms with Crippen molar-refractivity contribution in [3.05, 3.63) is 30.6 Å². The fourth-order valence-corrected chi connectivity index (χ4v) is 4.19. The lowest BCUT2D eigenvalue weighted by molar-refractivity contribution is 0.0720. The maximum Gasteiger partial charge on any atom is 0.257 e. The Morgan fingerprint density at radius 2 is 2.33 bits per heavy atom. The molecule has 1 aliphatic heterocycles. The van der Waals surface area contributed by atoms with Crippen LogP contribution in [0.25, 0.3) is 0 Å². The van der Waals surface area contributed by atoms with Crippen LogP contribution in [0.5, 0.6) is 0 Å². The van der Waals surface area contributed by atoms with Gasteiger partial charge in [0, 0.05) is 24.8 Å². The zero-order chi connectivity index (χ0) is 15.6. The lowest BCUT2D eigenvalue weighted by Crippen LogP contribution is -2.41. The van der Waals surface area contributed by atoms with Crippen molar-refractivity contribution in [1.29, 1.82) is 0 Å². The van der Waals surface area contributed by atoms with Gasteiger partial charge in [0.1, 0.15) is 0 Å². The zero-order valence-electron chi connectivity index (χ0n) is 12.4. The summed E-state index contributed by atoms with van der Waals surface area (Å²) < 4.78 is 25.0. The van der Waals surface area contributed by atoms with Crippen LogP contribution in [0.1, 0.15) is 36.7 Å². The summed E-state index contributed by atoms with van der Waals surface area (Å²) in [5, 5.41) is 4.16. The van der Waals surface area contributed by atoms with Crippen LogP contribution in [-0.2, 0) is 9.84 Å². The molecule has 0 aromatic carbocycles. The summed E-state index contributed by atoms with van der Waals surface area (Å²) in [5.41, 5.74) is 0.481. The molecule has 1 unspecified atom stereocenters. The third kappa shape index (κ3) is 3.53. The van der Waals surface area contributed by atoms with E-state index < -0.39 is 9.84 Å². The lowest BCUT2D eigenvalue weighted by Gasteiger charge is -2.26. The summed E-state index contributed by atoms with van der Waals surface area (Å²) in [6, 6.07) is -0.103. The predicted octanol–water partition coefficient (Wildman–Crippen LogP) is 1.28. The second-order valence-corrected chi connectivity index (χ2v) is 7.83. The van der Waals surface area contributed by atoms with Crippen molar-refractivity contribution in [3.63, 3.8) is 0 Å². The van der Waals surface area contributed by atoms with Crippen LogP contribution in [0, 0.1) is 0 Å². The Bertz CT molecular complexity index is 634. The van der Waals surface area contributed by atoms with E-state index >= 15 is 0 Å². The topological polar surface area (TPSA) is 72.3 Å². The highest BCUT2D eigenvalue weighted by Crippen LogP contribution is 2.20. The average Bonchev–Trinajstić information content (AvgIpc) is 3.01. The second-order valence-electron chi connectivity index (χ2n) is 5.61. The van der Waals surface area contributed by atoms with Gasteiger partial charge in [-0.05, 0) is 20.3 Å². The molecule has 2 heterocycles. The Morgan fingerprint density at radius 1 is 1.62 bits per heavy atom. The Morgan fingerprint density at radius 3 is 2.81 bits per heavy atom. The quantitative estimate of drug-likeness (QED) is 0.768. The SMILES string of the molecule is C=CCN(C(=O)c1cnn(C(C)C)c1)C1CCS(=O)(=O)C1. The molecule has 21 heavy (non-hydrogen) atoms. The van der Waals surface area contributed by atoms with Crippen molar-refractivity contribution in [2.45, 2.75) is 32.4 Å². The number of amides is 1. The van der Waals surface area contributed by atoms with Crippen molar-refractivity contribution in [2.24, 2.45) is 0 Å². The second kappa shape index (κ2) is 6.01. The van der Waals surface area contributed by atoms with E-state index in [9.17, 15) is 13.2 Å². The lowest BCUT2D eigenvalue weighted by atomic mass is 10.2. The highest BCUT2D eigenvalue weighted by Gasteiger charge is 2.34. The van der Waals surface area contributed by atoms with Crippen molar-refractivity contribution in [1.82, 2.24) is 14.7 Å². The van der Waals surface area contributed by atoms with E-state index in [-0.39, 0.29) is 29.5 Å². The van der Waals surface area contributed by atoms with Crippen LogP contribution in [-0.4, -0.2) is 53.1 Å². The van der Waals surface area contributed by atoms with Crippen LogP contribution in [0.4, 0.5) is 0 Å². The maximum absolute atomic E-state index is 12.6. The van der Waals surface area contributed by atoms with Crippen molar-refractivity contribution in [2.75, 3.05) is 18.1 Å². The first-order valence-electron chi connectivity index (χ1n) is 7.00. The van der Waals surface area contributed by atoms with Gasteiger partial charge in [0.25, 0.3) is 5.91 Å². The minimum Gasteiger partial charge on any atom is -0.331 e. The molecular weight excluding hydrogens is 290 g/mol. The Kier molecular flexibility index (Phi) is 4.51. The number of rotatable bonds is 5. The molecule has 0 spiro atoms. The predicted molar refractivity (Wildman–Crippen MR) is 80.9 cm³/mol. The standard InChI is InChI=1S/C14H21N3O3S/c1-4-6-16(13-5-7-21(19,20)10-13)14(18)12-8-15-17(9-12)11(2)3/h4,8-9,11,13H,1,5-7,10H2,2-3H3. The van der Waals surface area contributed by atoms with Crippen LogP contribution in [0.15, 0.2) is 25.0 Å². The molecule has 1 aliphatic rings. The fourth-order valence-electron chi connectivity index (χ4n) is 2.45. The molecule has 1 aromatic rings. The van der Waals surface area contributed by atoms with E-state index in [1.807, 2.05) is 13.8 Å². The Hall–Kier alpha value is -1.63. The summed E-state index contributed by atoms with van der Waals surface area (Å²) >= 11 is 0. The molecule has 6 nitrogen and oxygen atoms in total. The molecule has 0 N–H and O–H groups in total. The van der Waals surface area contributed by atoms with E-state index in [0.29, 0.717) is 18.5 Å². The van der Waals surface area contributed by atoms with Crippen molar-refractivity contribution >= 4 is 15.7 Å². The average molecular weight is 311 g/mol. The molecule has 0 radical (unpaired) electrons. The summed E-state index contributed by atoms with van der Waals surface area (Å²) in [6.45, 7) is 7.95. The molecule has 1 aromatic heterocycles. The van der Waals surface area contributed by atoms with E-state index in [2.05, 4.69) is 11.7 Å². The zero-order valence-corrected chi connectivity index (χ0v) is 13.2. The van der Waals surface area contributed by atoms with Gasteiger partial charge in [-0.3, -0.25) is 9.48 Å². The molecule has 2 rings (SSSR count). The van der Waals surface area contributed by atoms with Crippen LogP contribution in [0.3, 0.4) is 0 Å². The summed E-state index contributed by atoms with van der Waals surface area (Å²) in [4.78, 5) is 14.2. The molecule has 116 valence electrons. The largest absolute Gasteiger partial charge is 0.331 e. The molecule has 0 saturated carbocycles. The highest BCUT2D eigenvalue weighted by molar-refractivity contribution is 7.91. The number of hydrogen-bond donors (Lipinski definition) is 0. The van der Waals surface area contributed by atoms with Gasteiger partial charge in [-0.2, -0.15) is 5.10 Å². The molecule has 0 aliphatic carbocycles. The Labute approximate surface area is 125 Å². The van der Waals surface area contributed by atoms with Crippen LogP contribution < -0.4 is 0 Å². The van der Waals surface area contributed by atoms with Crippen LogP contribution >= 0.6 is 0 Å². The number of aromatic nitrogens is 2. The highest BCUT2D eigenvalue weighted by atomic mass is 32.2. The number of hydrogen-bond acceptors (Lipinski definition) is 4. The summed E-state index contributed by atoms with van der Waals surface area (Å²) in [5.74, 6) is -0.0155. The summed E-state index contributed by atoms with van der Waals surface area (Å²) in [6.07, 6.45) is 5.34. The van der Waals surface area contributed by atoms with E-state index in [0.717, 1.165) is 0 Å². The number of nitrogens with zero attached hydrogens (tertiary/aromatic N) is 3. The molecule has 1 fully saturated rings. The minimum atomic E-state index is -3.03. The Balaban J connectivity index is 2.21. The first kappa shape index (κ1) is 15.8. The molecular formula is C14H21N3O3S. The number of carbonyl (C=O) groups excluding carboxylic acids is 1. The van der Waals surface area contributed by atoms with Gasteiger partial charge >= 0.3 is 0 Å². The van der Waals surface area contributed by atoms with E-state index in [1.54, 1.807) is 21.9 Å². The van der Waals surface area contributed by atoms with Gasteiger partial charge in [0.15, 0.2) is 9.84 Å². The van der Waals surface area contributed by atoms with Crippen molar-refractivity contribution < 1.29 is 13.2 Å². The van der Waals surface area contributed by atoms with E-state index in [1.165, 1.54) is 6.20 Å². The number of carbonyl (C=O) groups is 1. The molecule has 0 bridgehead atoms. The smallest absolute Gasteiger partial charge is 0.257 e. The third-order valence-corrected chi connectivity index (χ3v) is 5.36. The third-order valence-electron chi connectivity index (χ3n) is 3.61. The molecule has 7 heteroatoms. The van der Waals surface area contributed by atoms with Gasteiger partial charge in [-0.15, -0.1) is 6.58 Å². The maximum atomic E-state index is 12.6. The van der Waals surface area contributed by atoms with E-state index in [4.69, 9.17) is 0 Å². The minimum absolute atomic E-state index is 0.0326. The summed E-state index contributed by atoms with van der Waals surface area (Å²) in [7, 11) is -3.03. The molecule has 1 atom stereocenters. The fraction of sp³-hybridized carbons (Fsp3) is 0.571. The van der Waals surface area contributed by atoms with Gasteiger partial charge in [0.05, 0.1) is 23.3 Å². The monoisotopic (exact) mass is 311 g/mol. The first-order valence-corrected chi connectivity index (χ1v) is 8.82. The van der Waals surface area contributed by atoms with Crippen LogP contribution in [0.2, 0.25) is 0 Å². The van der Waals surface area contributed by atoms with Gasteiger partial charge in [-0.1, -0.05) is 6.08 Å². The normalized spacial score (nSPS) is 20.6. The van der Waals surface area contributed by atoms with Crippen molar-refractivity contribution in [3.8, 4) is 0 Å². The van der Waals surface area contributed by atoms with Gasteiger partial charge in [-0.25, -0.2) is 8.42 Å². The van der Waals surface area contributed by atoms with Gasteiger partial charge in [0.2, 0.25) is 0 Å². The molecule has 1 saturated heterocycles. The number of sulfone groups is 1. The van der Waals surface area contributed by atoms with Gasteiger partial charge < -0.3 is 4.90 Å². The first-order chi connectivity index (χ1) is 9.84. The molecule has 1 amide bonds.